The van der Waals surface area contributed by atoms with Crippen LogP contribution in [0.15, 0.2) is 24.3 Å². The van der Waals surface area contributed by atoms with Crippen LogP contribution in [0.5, 0.6) is 0 Å². The molecule has 0 saturated heterocycles. The van der Waals surface area contributed by atoms with Crippen LogP contribution in [0.1, 0.15) is 56.3 Å². The van der Waals surface area contributed by atoms with Gasteiger partial charge >= 0.3 is 0 Å². The Labute approximate surface area is 117 Å². The van der Waals surface area contributed by atoms with Crippen LogP contribution < -0.4 is 5.73 Å². The number of unbranched alkanes of at least 4 members (excludes halogenated alkanes) is 2. The van der Waals surface area contributed by atoms with Gasteiger partial charge in [-0.25, -0.2) is 0 Å². The van der Waals surface area contributed by atoms with Crippen LogP contribution in [0, 0.1) is 5.92 Å². The molecule has 2 rings (SSSR count). The van der Waals surface area contributed by atoms with Gasteiger partial charge in [0.05, 0.1) is 12.7 Å². The maximum Gasteiger partial charge on any atom is 0.0830 e. The van der Waals surface area contributed by atoms with Gasteiger partial charge in [0.15, 0.2) is 0 Å². The lowest BCUT2D eigenvalue weighted by Gasteiger charge is -2.19. The number of fused-ring (bicyclic) bond motifs is 1. The first-order chi connectivity index (χ1) is 9.35. The number of nitrogens with two attached hydrogens (primary N) is 1. The molecule has 2 nitrogen and oxygen atoms in total. The first-order valence-electron chi connectivity index (χ1n) is 7.74. The van der Waals surface area contributed by atoms with E-state index in [1.54, 1.807) is 0 Å². The van der Waals surface area contributed by atoms with Gasteiger partial charge in [0, 0.05) is 0 Å². The zero-order chi connectivity index (χ0) is 13.5. The number of rotatable bonds is 8. The number of ether oxygens (including phenoxy) is 1. The molecule has 1 aliphatic rings. The number of aryl methyl sites for hydroxylation is 1. The summed E-state index contributed by atoms with van der Waals surface area (Å²) in [7, 11) is 0. The van der Waals surface area contributed by atoms with Gasteiger partial charge in [-0.05, 0) is 42.9 Å². The molecule has 1 aliphatic carbocycles. The zero-order valence-corrected chi connectivity index (χ0v) is 12.1. The molecule has 0 bridgehead atoms. The van der Waals surface area contributed by atoms with E-state index < -0.39 is 0 Å². The lowest BCUT2D eigenvalue weighted by Crippen LogP contribution is -2.21. The monoisotopic (exact) mass is 261 g/mol. The third kappa shape index (κ3) is 4.05. The summed E-state index contributed by atoms with van der Waals surface area (Å²) in [5.74, 6) is 0.527. The van der Waals surface area contributed by atoms with E-state index >= 15 is 0 Å². The predicted molar refractivity (Wildman–Crippen MR) is 80.1 cm³/mol. The van der Waals surface area contributed by atoms with E-state index in [1.165, 1.54) is 36.8 Å². The Kier molecular flexibility index (Phi) is 5.87. The molecule has 19 heavy (non-hydrogen) atoms. The average Bonchev–Trinajstić information content (AvgIpc) is 2.86. The summed E-state index contributed by atoms with van der Waals surface area (Å²) >= 11 is 0. The van der Waals surface area contributed by atoms with E-state index in [9.17, 15) is 0 Å². The molecule has 0 spiro atoms. The zero-order valence-electron chi connectivity index (χ0n) is 12.1. The molecular weight excluding hydrogens is 234 g/mol. The number of hydrogen-bond acceptors (Lipinski definition) is 2. The third-order valence-electron chi connectivity index (χ3n) is 4.16. The highest BCUT2D eigenvalue weighted by Gasteiger charge is 2.23. The molecule has 106 valence electrons. The van der Waals surface area contributed by atoms with Crippen molar-refractivity contribution in [3.05, 3.63) is 35.4 Å². The Hall–Kier alpha value is -0.860. The molecular formula is C17H27NO. The van der Waals surface area contributed by atoms with Crippen LogP contribution in [0.2, 0.25) is 0 Å². The summed E-state index contributed by atoms with van der Waals surface area (Å²) in [5.41, 5.74) is 8.71. The SMILES string of the molecule is CCCCCC(CN)COC1CCc2ccccc21. The van der Waals surface area contributed by atoms with Crippen molar-refractivity contribution in [1.82, 2.24) is 0 Å². The molecule has 2 atom stereocenters. The molecule has 0 amide bonds. The molecule has 1 aromatic carbocycles. The van der Waals surface area contributed by atoms with E-state index in [2.05, 4.69) is 31.2 Å². The molecule has 0 aliphatic heterocycles. The Bertz CT molecular complexity index is 377. The Morgan fingerprint density at radius 2 is 2.16 bits per heavy atom. The van der Waals surface area contributed by atoms with Crippen LogP contribution in [0.4, 0.5) is 0 Å². The van der Waals surface area contributed by atoms with Gasteiger partial charge in [-0.15, -0.1) is 0 Å². The number of hydrogen-bond donors (Lipinski definition) is 1. The van der Waals surface area contributed by atoms with Gasteiger partial charge in [0.25, 0.3) is 0 Å². The summed E-state index contributed by atoms with van der Waals surface area (Å²) in [6.07, 6.45) is 7.66. The lowest BCUT2D eigenvalue weighted by molar-refractivity contribution is 0.0286. The van der Waals surface area contributed by atoms with Gasteiger partial charge in [0.1, 0.15) is 0 Å². The lowest BCUT2D eigenvalue weighted by atomic mass is 10.0. The highest BCUT2D eigenvalue weighted by Crippen LogP contribution is 2.34. The van der Waals surface area contributed by atoms with Gasteiger partial charge < -0.3 is 10.5 Å². The Morgan fingerprint density at radius 3 is 2.95 bits per heavy atom. The predicted octanol–water partition coefficient (Wildman–Crippen LogP) is 3.85. The van der Waals surface area contributed by atoms with Crippen molar-refractivity contribution in [3.63, 3.8) is 0 Å². The Morgan fingerprint density at radius 1 is 1.32 bits per heavy atom. The van der Waals surface area contributed by atoms with Crippen molar-refractivity contribution in [1.29, 1.82) is 0 Å². The van der Waals surface area contributed by atoms with Crippen molar-refractivity contribution in [2.75, 3.05) is 13.2 Å². The summed E-state index contributed by atoms with van der Waals surface area (Å²) in [6.45, 7) is 3.81. The van der Waals surface area contributed by atoms with E-state index in [-0.39, 0.29) is 0 Å². The fourth-order valence-corrected chi connectivity index (χ4v) is 2.90. The van der Waals surface area contributed by atoms with Gasteiger partial charge in [-0.2, -0.15) is 0 Å². The molecule has 2 heteroatoms. The molecule has 0 radical (unpaired) electrons. The van der Waals surface area contributed by atoms with Crippen molar-refractivity contribution in [2.24, 2.45) is 11.7 Å². The standard InChI is InChI=1S/C17H27NO/c1-2-3-4-7-14(12-18)13-19-17-11-10-15-8-5-6-9-16(15)17/h5-6,8-9,14,17H,2-4,7,10-13,18H2,1H3. The smallest absolute Gasteiger partial charge is 0.0830 e. The molecule has 0 fully saturated rings. The maximum absolute atomic E-state index is 6.13. The highest BCUT2D eigenvalue weighted by atomic mass is 16.5. The second-order valence-corrected chi connectivity index (χ2v) is 5.66. The van der Waals surface area contributed by atoms with Gasteiger partial charge in [-0.3, -0.25) is 0 Å². The minimum absolute atomic E-state index is 0.302. The highest BCUT2D eigenvalue weighted by molar-refractivity contribution is 5.33. The van der Waals surface area contributed by atoms with Gasteiger partial charge in [-0.1, -0.05) is 50.5 Å². The van der Waals surface area contributed by atoms with Crippen molar-refractivity contribution in [3.8, 4) is 0 Å². The molecule has 2 unspecified atom stereocenters. The van der Waals surface area contributed by atoms with E-state index in [4.69, 9.17) is 10.5 Å². The van der Waals surface area contributed by atoms with Crippen LogP contribution in [0.25, 0.3) is 0 Å². The second kappa shape index (κ2) is 7.66. The van der Waals surface area contributed by atoms with E-state index in [0.717, 1.165) is 26.0 Å². The normalized spacial score (nSPS) is 19.4. The van der Waals surface area contributed by atoms with Crippen LogP contribution in [0.3, 0.4) is 0 Å². The molecule has 0 aromatic heterocycles. The first-order valence-corrected chi connectivity index (χ1v) is 7.74. The van der Waals surface area contributed by atoms with E-state index in [0.29, 0.717) is 12.0 Å². The quantitative estimate of drug-likeness (QED) is 0.721. The maximum atomic E-state index is 6.13. The third-order valence-corrected chi connectivity index (χ3v) is 4.16. The van der Waals surface area contributed by atoms with Crippen LogP contribution >= 0.6 is 0 Å². The minimum atomic E-state index is 0.302. The van der Waals surface area contributed by atoms with Crippen LogP contribution in [-0.2, 0) is 11.2 Å². The number of benzene rings is 1. The van der Waals surface area contributed by atoms with Gasteiger partial charge in [0.2, 0.25) is 0 Å². The minimum Gasteiger partial charge on any atom is -0.373 e. The summed E-state index contributed by atoms with van der Waals surface area (Å²) in [4.78, 5) is 0. The fraction of sp³-hybridized carbons (Fsp3) is 0.647. The summed E-state index contributed by atoms with van der Waals surface area (Å²) in [6, 6.07) is 8.67. The van der Waals surface area contributed by atoms with Crippen molar-refractivity contribution >= 4 is 0 Å². The topological polar surface area (TPSA) is 35.2 Å². The summed E-state index contributed by atoms with van der Waals surface area (Å²) < 4.78 is 6.13. The van der Waals surface area contributed by atoms with E-state index in [1.807, 2.05) is 0 Å². The molecule has 1 aromatic rings. The first kappa shape index (κ1) is 14.5. The largest absolute Gasteiger partial charge is 0.373 e. The average molecular weight is 261 g/mol. The molecule has 2 N–H and O–H groups in total. The second-order valence-electron chi connectivity index (χ2n) is 5.66. The van der Waals surface area contributed by atoms with Crippen molar-refractivity contribution in [2.45, 2.75) is 51.6 Å². The Balaban J connectivity index is 1.79. The molecule has 0 heterocycles. The van der Waals surface area contributed by atoms with Crippen molar-refractivity contribution < 1.29 is 4.74 Å². The molecule has 0 saturated carbocycles. The fourth-order valence-electron chi connectivity index (χ4n) is 2.90. The van der Waals surface area contributed by atoms with Crippen LogP contribution in [-0.4, -0.2) is 13.2 Å². The summed E-state index contributed by atoms with van der Waals surface area (Å²) in [5, 5.41) is 0.